The van der Waals surface area contributed by atoms with Crippen LogP contribution in [0.15, 0.2) is 12.2 Å². The van der Waals surface area contributed by atoms with Gasteiger partial charge < -0.3 is 13.3 Å². The minimum absolute atomic E-state index is 0.414. The molecule has 1 aliphatic carbocycles. The molecule has 0 saturated heterocycles. The van der Waals surface area contributed by atoms with Crippen molar-refractivity contribution in [2.45, 2.75) is 18.4 Å². The largest absolute Gasteiger partial charge is 0.504 e. The quantitative estimate of drug-likeness (QED) is 0.495. The van der Waals surface area contributed by atoms with Crippen LogP contribution in [0.1, 0.15) is 12.8 Å². The molecule has 0 heterocycles. The average Bonchev–Trinajstić information content (AvgIpc) is 2.62. The van der Waals surface area contributed by atoms with Gasteiger partial charge in [-0.25, -0.2) is 0 Å². The lowest BCUT2D eigenvalue weighted by Crippen LogP contribution is -2.46. The van der Waals surface area contributed by atoms with Crippen LogP contribution in [-0.2, 0) is 13.3 Å². The molecule has 0 N–H and O–H groups in total. The predicted octanol–water partition coefficient (Wildman–Crippen LogP) is 1.58. The molecule has 0 spiro atoms. The van der Waals surface area contributed by atoms with Crippen LogP contribution >= 0.6 is 0 Å². The third kappa shape index (κ3) is 1.61. The molecule has 0 aromatic rings. The third-order valence-electron chi connectivity index (χ3n) is 2.36. The van der Waals surface area contributed by atoms with Crippen LogP contribution in [0.5, 0.6) is 0 Å². The fraction of sp³-hybridized carbons (Fsp3) is 0.750. The molecule has 0 amide bonds. The average molecular weight is 188 g/mol. The second kappa shape index (κ2) is 4.18. The molecule has 0 atom stereocenters. The Balaban J connectivity index is 2.63. The highest BCUT2D eigenvalue weighted by atomic mass is 28.4. The van der Waals surface area contributed by atoms with Crippen molar-refractivity contribution in [3.63, 3.8) is 0 Å². The van der Waals surface area contributed by atoms with Crippen molar-refractivity contribution in [1.82, 2.24) is 0 Å². The summed E-state index contributed by atoms with van der Waals surface area (Å²) in [7, 11) is 2.65. The van der Waals surface area contributed by atoms with E-state index in [-0.39, 0.29) is 0 Å². The minimum atomic E-state index is -2.35. The molecule has 3 nitrogen and oxygen atoms in total. The fourth-order valence-electron chi connectivity index (χ4n) is 1.66. The Morgan fingerprint density at radius 1 is 1.00 bits per heavy atom. The maximum Gasteiger partial charge on any atom is 0.504 e. The summed E-state index contributed by atoms with van der Waals surface area (Å²) in [5.74, 6) is 0. The molecule has 0 fully saturated rings. The fourth-order valence-corrected chi connectivity index (χ4v) is 4.01. The first kappa shape index (κ1) is 9.92. The van der Waals surface area contributed by atoms with E-state index in [1.54, 1.807) is 21.3 Å². The van der Waals surface area contributed by atoms with E-state index in [1.165, 1.54) is 0 Å². The first-order valence-corrected chi connectivity index (χ1v) is 5.89. The van der Waals surface area contributed by atoms with Crippen molar-refractivity contribution >= 4 is 8.80 Å². The lowest BCUT2D eigenvalue weighted by Gasteiger charge is -2.29. The molecule has 0 aromatic heterocycles. The van der Waals surface area contributed by atoms with Crippen LogP contribution in [0.25, 0.3) is 0 Å². The van der Waals surface area contributed by atoms with Gasteiger partial charge in [-0.2, -0.15) is 0 Å². The topological polar surface area (TPSA) is 27.7 Å². The first-order chi connectivity index (χ1) is 5.79. The van der Waals surface area contributed by atoms with E-state index in [0.29, 0.717) is 5.54 Å². The van der Waals surface area contributed by atoms with E-state index in [0.717, 1.165) is 12.8 Å². The molecule has 0 saturated carbocycles. The van der Waals surface area contributed by atoms with Gasteiger partial charge in [-0.15, -0.1) is 0 Å². The molecule has 12 heavy (non-hydrogen) atoms. The lowest BCUT2D eigenvalue weighted by atomic mass is 10.3. The smallest absolute Gasteiger partial charge is 0.377 e. The highest BCUT2D eigenvalue weighted by molar-refractivity contribution is 6.62. The third-order valence-corrected chi connectivity index (χ3v) is 5.54. The van der Waals surface area contributed by atoms with Gasteiger partial charge >= 0.3 is 8.80 Å². The summed E-state index contributed by atoms with van der Waals surface area (Å²) in [5.41, 5.74) is 0.414. The summed E-state index contributed by atoms with van der Waals surface area (Å²) in [4.78, 5) is 0. The monoisotopic (exact) mass is 188 g/mol. The number of rotatable bonds is 4. The van der Waals surface area contributed by atoms with Crippen molar-refractivity contribution in [3.8, 4) is 0 Å². The predicted molar refractivity (Wildman–Crippen MR) is 48.9 cm³/mol. The second-order valence-corrected chi connectivity index (χ2v) is 6.10. The molecule has 0 unspecified atom stereocenters. The van der Waals surface area contributed by atoms with Crippen molar-refractivity contribution < 1.29 is 13.3 Å². The summed E-state index contributed by atoms with van der Waals surface area (Å²) >= 11 is 0. The SMILES string of the molecule is CO[Si](OC)(OC)C1CC=CC1. The summed E-state index contributed by atoms with van der Waals surface area (Å²) in [6.07, 6.45) is 6.34. The summed E-state index contributed by atoms with van der Waals surface area (Å²) < 4.78 is 16.1. The van der Waals surface area contributed by atoms with Crippen LogP contribution in [-0.4, -0.2) is 30.1 Å². The van der Waals surface area contributed by atoms with Crippen molar-refractivity contribution in [2.24, 2.45) is 0 Å². The van der Waals surface area contributed by atoms with Gasteiger partial charge in [-0.05, 0) is 12.8 Å². The molecule has 0 bridgehead atoms. The van der Waals surface area contributed by atoms with E-state index in [9.17, 15) is 0 Å². The minimum Gasteiger partial charge on any atom is -0.377 e. The Hall–Kier alpha value is -0.163. The highest BCUT2D eigenvalue weighted by Crippen LogP contribution is 2.35. The van der Waals surface area contributed by atoms with Crippen LogP contribution in [0.2, 0.25) is 5.54 Å². The molecule has 1 rings (SSSR count). The molecule has 0 aliphatic heterocycles. The van der Waals surface area contributed by atoms with Crippen LogP contribution < -0.4 is 0 Å². The van der Waals surface area contributed by atoms with Crippen LogP contribution in [0.3, 0.4) is 0 Å². The van der Waals surface area contributed by atoms with Gasteiger partial charge in [0.05, 0.1) is 0 Å². The zero-order valence-electron chi connectivity index (χ0n) is 7.87. The highest BCUT2D eigenvalue weighted by Gasteiger charge is 2.46. The van der Waals surface area contributed by atoms with Gasteiger partial charge in [0.15, 0.2) is 0 Å². The Morgan fingerprint density at radius 3 is 1.75 bits per heavy atom. The molecular weight excluding hydrogens is 172 g/mol. The van der Waals surface area contributed by atoms with E-state index >= 15 is 0 Å². The van der Waals surface area contributed by atoms with Gasteiger partial charge in [0.1, 0.15) is 0 Å². The standard InChI is InChI=1S/C8H16O3Si/c1-9-12(10-2,11-3)8-6-4-5-7-8/h4-5,8H,6-7H2,1-3H3. The second-order valence-electron chi connectivity index (χ2n) is 2.86. The summed E-state index contributed by atoms with van der Waals surface area (Å²) in [5, 5.41) is 0. The summed E-state index contributed by atoms with van der Waals surface area (Å²) in [6, 6.07) is 0. The van der Waals surface area contributed by atoms with E-state index in [4.69, 9.17) is 13.3 Å². The normalized spacial score (nSPS) is 18.9. The molecule has 0 aromatic carbocycles. The Morgan fingerprint density at radius 2 is 1.42 bits per heavy atom. The lowest BCUT2D eigenvalue weighted by molar-refractivity contribution is 0.112. The van der Waals surface area contributed by atoms with Crippen molar-refractivity contribution in [1.29, 1.82) is 0 Å². The Labute approximate surface area is 74.7 Å². The maximum atomic E-state index is 5.37. The van der Waals surface area contributed by atoms with Gasteiger partial charge in [-0.1, -0.05) is 12.2 Å². The number of hydrogen-bond acceptors (Lipinski definition) is 3. The molecule has 0 radical (unpaired) electrons. The zero-order valence-corrected chi connectivity index (χ0v) is 8.87. The van der Waals surface area contributed by atoms with Crippen LogP contribution in [0, 0.1) is 0 Å². The molecular formula is C8H16O3Si. The summed E-state index contributed by atoms with van der Waals surface area (Å²) in [6.45, 7) is 0. The Kier molecular flexibility index (Phi) is 3.46. The molecule has 4 heteroatoms. The molecule has 1 aliphatic rings. The van der Waals surface area contributed by atoms with Crippen LogP contribution in [0.4, 0.5) is 0 Å². The van der Waals surface area contributed by atoms with Crippen molar-refractivity contribution in [2.75, 3.05) is 21.3 Å². The van der Waals surface area contributed by atoms with E-state index in [2.05, 4.69) is 12.2 Å². The van der Waals surface area contributed by atoms with Gasteiger partial charge in [0.25, 0.3) is 0 Å². The van der Waals surface area contributed by atoms with Gasteiger partial charge in [0, 0.05) is 26.9 Å². The van der Waals surface area contributed by atoms with E-state index in [1.807, 2.05) is 0 Å². The molecule has 70 valence electrons. The van der Waals surface area contributed by atoms with Gasteiger partial charge in [0.2, 0.25) is 0 Å². The Bertz CT molecular complexity index is 149. The number of allylic oxidation sites excluding steroid dienone is 2. The van der Waals surface area contributed by atoms with Gasteiger partial charge in [-0.3, -0.25) is 0 Å². The van der Waals surface area contributed by atoms with Crippen molar-refractivity contribution in [3.05, 3.63) is 12.2 Å². The number of hydrogen-bond donors (Lipinski definition) is 0. The zero-order chi connectivity index (χ0) is 9.03. The van der Waals surface area contributed by atoms with E-state index < -0.39 is 8.80 Å². The first-order valence-electron chi connectivity index (χ1n) is 4.09. The maximum absolute atomic E-state index is 5.37.